The highest BCUT2D eigenvalue weighted by Gasteiger charge is 2.22. The first-order valence-electron chi connectivity index (χ1n) is 9.33. The van der Waals surface area contributed by atoms with Crippen LogP contribution in [0.3, 0.4) is 0 Å². The summed E-state index contributed by atoms with van der Waals surface area (Å²) in [6.45, 7) is 3.17. The first-order chi connectivity index (χ1) is 13.7. The number of carbonyl (C=O) groups is 1. The molecule has 3 nitrogen and oxygen atoms in total. The van der Waals surface area contributed by atoms with Crippen LogP contribution in [-0.4, -0.2) is 23.2 Å². The quantitative estimate of drug-likeness (QED) is 0.481. The van der Waals surface area contributed by atoms with E-state index in [-0.39, 0.29) is 11.2 Å². The highest BCUT2D eigenvalue weighted by Crippen LogP contribution is 2.27. The van der Waals surface area contributed by atoms with Crippen molar-refractivity contribution in [2.45, 2.75) is 30.2 Å². The van der Waals surface area contributed by atoms with Crippen LogP contribution in [0.2, 0.25) is 0 Å². The summed E-state index contributed by atoms with van der Waals surface area (Å²) in [5.41, 5.74) is 2.27. The van der Waals surface area contributed by atoms with Crippen molar-refractivity contribution in [3.63, 3.8) is 0 Å². The Morgan fingerprint density at radius 1 is 0.857 bits per heavy atom. The van der Waals surface area contributed by atoms with Crippen LogP contribution in [0.5, 0.6) is 5.75 Å². The molecule has 0 N–H and O–H groups in total. The van der Waals surface area contributed by atoms with Gasteiger partial charge in [0.25, 0.3) is 0 Å². The van der Waals surface area contributed by atoms with Crippen molar-refractivity contribution in [3.8, 4) is 5.75 Å². The van der Waals surface area contributed by atoms with Crippen LogP contribution in [0.4, 0.5) is 0 Å². The number of hydrogen-bond acceptors (Lipinski definition) is 3. The number of carbonyl (C=O) groups excluding carboxylic acids is 1. The maximum absolute atomic E-state index is 13.3. The molecular weight excluding hydrogens is 366 g/mol. The zero-order valence-electron chi connectivity index (χ0n) is 16.2. The second-order valence-electron chi connectivity index (χ2n) is 6.60. The third-order valence-corrected chi connectivity index (χ3v) is 5.56. The lowest BCUT2D eigenvalue weighted by Crippen LogP contribution is -2.35. The average Bonchev–Trinajstić information content (AvgIpc) is 2.75. The van der Waals surface area contributed by atoms with Crippen molar-refractivity contribution < 1.29 is 9.53 Å². The second kappa shape index (κ2) is 10.00. The Morgan fingerprint density at radius 2 is 1.36 bits per heavy atom. The first kappa shape index (κ1) is 20.0. The molecule has 4 heteroatoms. The van der Waals surface area contributed by atoms with Crippen LogP contribution >= 0.6 is 11.8 Å². The van der Waals surface area contributed by atoms with E-state index >= 15 is 0 Å². The van der Waals surface area contributed by atoms with Gasteiger partial charge >= 0.3 is 0 Å². The summed E-state index contributed by atoms with van der Waals surface area (Å²) in [6.07, 6.45) is 0. The van der Waals surface area contributed by atoms with Gasteiger partial charge in [-0.2, -0.15) is 0 Å². The Morgan fingerprint density at radius 3 is 1.82 bits per heavy atom. The summed E-state index contributed by atoms with van der Waals surface area (Å²) in [6, 6.07) is 28.1. The highest BCUT2D eigenvalue weighted by molar-refractivity contribution is 8.00. The van der Waals surface area contributed by atoms with Crippen LogP contribution in [0.15, 0.2) is 89.8 Å². The highest BCUT2D eigenvalue weighted by atomic mass is 32.2. The van der Waals surface area contributed by atoms with Crippen LogP contribution in [0.1, 0.15) is 18.1 Å². The van der Waals surface area contributed by atoms with Crippen LogP contribution < -0.4 is 4.74 Å². The van der Waals surface area contributed by atoms with Gasteiger partial charge in [0.15, 0.2) is 0 Å². The van der Waals surface area contributed by atoms with Gasteiger partial charge in [-0.3, -0.25) is 4.79 Å². The topological polar surface area (TPSA) is 29.5 Å². The molecule has 0 saturated heterocycles. The SMILES string of the molecule is COc1ccc(S[C@@H](C)C(=O)N(Cc2ccccc2)Cc2ccccc2)cc1. The standard InChI is InChI=1S/C24H25NO2S/c1-19(28-23-15-13-22(27-2)14-16-23)24(26)25(17-20-9-5-3-6-10-20)18-21-11-7-4-8-12-21/h3-16,19H,17-18H2,1-2H3/t19-/m0/s1. The number of methoxy groups -OCH3 is 1. The molecule has 0 aromatic heterocycles. The predicted octanol–water partition coefficient (Wildman–Crippen LogP) is 5.40. The number of ether oxygens (including phenoxy) is 1. The van der Waals surface area contributed by atoms with E-state index in [1.165, 1.54) is 0 Å². The molecule has 0 aliphatic rings. The predicted molar refractivity (Wildman–Crippen MR) is 115 cm³/mol. The maximum atomic E-state index is 13.3. The molecule has 144 valence electrons. The van der Waals surface area contributed by atoms with Crippen molar-refractivity contribution in [2.75, 3.05) is 7.11 Å². The van der Waals surface area contributed by atoms with Gasteiger partial charge in [0.05, 0.1) is 12.4 Å². The minimum Gasteiger partial charge on any atom is -0.497 e. The molecule has 1 atom stereocenters. The third kappa shape index (κ3) is 5.64. The third-order valence-electron chi connectivity index (χ3n) is 4.46. The Balaban J connectivity index is 1.73. The molecule has 28 heavy (non-hydrogen) atoms. The molecule has 1 amide bonds. The van der Waals surface area contributed by atoms with E-state index in [9.17, 15) is 4.79 Å². The van der Waals surface area contributed by atoms with E-state index < -0.39 is 0 Å². The molecule has 0 aliphatic heterocycles. The van der Waals surface area contributed by atoms with Gasteiger partial charge in [-0.05, 0) is 42.3 Å². The second-order valence-corrected chi connectivity index (χ2v) is 8.02. The fourth-order valence-corrected chi connectivity index (χ4v) is 3.94. The molecule has 0 bridgehead atoms. The number of nitrogens with zero attached hydrogens (tertiary/aromatic N) is 1. The molecule has 3 aromatic rings. The molecule has 0 saturated carbocycles. The van der Waals surface area contributed by atoms with Crippen LogP contribution in [0.25, 0.3) is 0 Å². The van der Waals surface area contributed by atoms with Gasteiger partial charge in [-0.1, -0.05) is 60.7 Å². The van der Waals surface area contributed by atoms with Gasteiger partial charge in [-0.15, -0.1) is 11.8 Å². The normalized spacial score (nSPS) is 11.6. The molecule has 3 rings (SSSR count). The van der Waals surface area contributed by atoms with E-state index in [0.717, 1.165) is 21.8 Å². The Labute approximate surface area is 171 Å². The lowest BCUT2D eigenvalue weighted by Gasteiger charge is -2.26. The Bertz CT molecular complexity index is 825. The van der Waals surface area contributed by atoms with Gasteiger partial charge in [0.1, 0.15) is 5.75 Å². The molecule has 0 fully saturated rings. The van der Waals surface area contributed by atoms with Crippen molar-refractivity contribution >= 4 is 17.7 Å². The summed E-state index contributed by atoms with van der Waals surface area (Å²) in [4.78, 5) is 16.3. The van der Waals surface area contributed by atoms with Gasteiger partial charge in [0, 0.05) is 18.0 Å². The minimum atomic E-state index is -0.180. The number of amides is 1. The van der Waals surface area contributed by atoms with Gasteiger partial charge in [0.2, 0.25) is 5.91 Å². The largest absolute Gasteiger partial charge is 0.497 e. The Hall–Kier alpha value is -2.72. The molecule has 3 aromatic carbocycles. The van der Waals surface area contributed by atoms with Gasteiger partial charge in [-0.25, -0.2) is 0 Å². The van der Waals surface area contributed by atoms with E-state index in [0.29, 0.717) is 13.1 Å². The summed E-state index contributed by atoms with van der Waals surface area (Å²) >= 11 is 1.57. The van der Waals surface area contributed by atoms with E-state index in [2.05, 4.69) is 24.3 Å². The number of hydrogen-bond donors (Lipinski definition) is 0. The van der Waals surface area contributed by atoms with E-state index in [1.54, 1.807) is 18.9 Å². The number of benzene rings is 3. The van der Waals surface area contributed by atoms with Crippen LogP contribution in [0, 0.1) is 0 Å². The summed E-state index contributed by atoms with van der Waals surface area (Å²) in [5.74, 6) is 0.951. The molecule has 0 radical (unpaired) electrons. The summed E-state index contributed by atoms with van der Waals surface area (Å²) in [5, 5.41) is -0.180. The summed E-state index contributed by atoms with van der Waals surface area (Å²) in [7, 11) is 1.65. The zero-order valence-corrected chi connectivity index (χ0v) is 17.1. The lowest BCUT2D eigenvalue weighted by atomic mass is 10.1. The lowest BCUT2D eigenvalue weighted by molar-refractivity contribution is -0.131. The average molecular weight is 392 g/mol. The maximum Gasteiger partial charge on any atom is 0.236 e. The fourth-order valence-electron chi connectivity index (χ4n) is 2.99. The van der Waals surface area contributed by atoms with Crippen molar-refractivity contribution in [1.29, 1.82) is 0 Å². The molecule has 0 spiro atoms. The van der Waals surface area contributed by atoms with Crippen molar-refractivity contribution in [3.05, 3.63) is 96.1 Å². The molecular formula is C24H25NO2S. The smallest absolute Gasteiger partial charge is 0.236 e. The zero-order chi connectivity index (χ0) is 19.8. The minimum absolute atomic E-state index is 0.133. The Kier molecular flexibility index (Phi) is 7.15. The number of rotatable bonds is 8. The number of thioether (sulfide) groups is 1. The van der Waals surface area contributed by atoms with Crippen LogP contribution in [-0.2, 0) is 17.9 Å². The molecule has 0 aliphatic carbocycles. The van der Waals surface area contributed by atoms with Crippen molar-refractivity contribution in [1.82, 2.24) is 4.90 Å². The molecule has 0 unspecified atom stereocenters. The summed E-state index contributed by atoms with van der Waals surface area (Å²) < 4.78 is 5.21. The molecule has 0 heterocycles. The van der Waals surface area contributed by atoms with E-state index in [1.807, 2.05) is 72.5 Å². The fraction of sp³-hybridized carbons (Fsp3) is 0.208. The van der Waals surface area contributed by atoms with Crippen molar-refractivity contribution in [2.24, 2.45) is 0 Å². The van der Waals surface area contributed by atoms with E-state index in [4.69, 9.17) is 4.74 Å². The van der Waals surface area contributed by atoms with Gasteiger partial charge < -0.3 is 9.64 Å². The first-order valence-corrected chi connectivity index (χ1v) is 10.2. The monoisotopic (exact) mass is 391 g/mol.